The number of carbonyl (C=O) groups is 2. The van der Waals surface area contributed by atoms with Gasteiger partial charge in [-0.25, -0.2) is 9.07 Å². The molecule has 4 rings (SSSR count). The number of hydrogen-bond acceptors (Lipinski definition) is 5. The van der Waals surface area contributed by atoms with Crippen LogP contribution in [0, 0.1) is 5.82 Å². The van der Waals surface area contributed by atoms with E-state index in [0.717, 1.165) is 0 Å². The van der Waals surface area contributed by atoms with Crippen molar-refractivity contribution in [3.63, 3.8) is 0 Å². The highest BCUT2D eigenvalue weighted by Gasteiger charge is 2.26. The lowest BCUT2D eigenvalue weighted by Gasteiger charge is -2.31. The van der Waals surface area contributed by atoms with Crippen LogP contribution in [0.25, 0.3) is 5.69 Å². The number of likely N-dealkylation sites (tertiary alicyclic amines) is 1. The van der Waals surface area contributed by atoms with Gasteiger partial charge in [0.1, 0.15) is 11.6 Å². The van der Waals surface area contributed by atoms with Crippen LogP contribution in [0.4, 0.5) is 4.39 Å². The molecular formula is C22H22FN5O3. The Morgan fingerprint density at radius 2 is 1.87 bits per heavy atom. The lowest BCUT2D eigenvalue weighted by atomic mass is 10.0. The molecule has 9 heteroatoms. The Balaban J connectivity index is 1.32. The Morgan fingerprint density at radius 1 is 1.13 bits per heavy atom. The zero-order valence-corrected chi connectivity index (χ0v) is 17.0. The summed E-state index contributed by atoms with van der Waals surface area (Å²) in [4.78, 5) is 26.9. The molecule has 1 aliphatic rings. The van der Waals surface area contributed by atoms with Crippen molar-refractivity contribution >= 4 is 11.8 Å². The molecule has 8 nitrogen and oxygen atoms in total. The first-order valence-corrected chi connectivity index (χ1v) is 9.96. The molecule has 0 radical (unpaired) electrons. The lowest BCUT2D eigenvalue weighted by molar-refractivity contribution is 0.0692. The van der Waals surface area contributed by atoms with Crippen LogP contribution in [0.15, 0.2) is 54.7 Å². The maximum absolute atomic E-state index is 13.4. The van der Waals surface area contributed by atoms with Crippen molar-refractivity contribution < 1.29 is 18.7 Å². The molecule has 3 aromatic rings. The minimum atomic E-state index is -0.389. The monoisotopic (exact) mass is 423 g/mol. The summed E-state index contributed by atoms with van der Waals surface area (Å²) in [5.74, 6) is -0.0783. The van der Waals surface area contributed by atoms with Gasteiger partial charge in [0.15, 0.2) is 5.69 Å². The predicted molar refractivity (Wildman–Crippen MR) is 111 cm³/mol. The second-order valence-corrected chi connectivity index (χ2v) is 7.30. The van der Waals surface area contributed by atoms with Crippen LogP contribution >= 0.6 is 0 Å². The van der Waals surface area contributed by atoms with Crippen molar-refractivity contribution in [2.75, 3.05) is 20.2 Å². The van der Waals surface area contributed by atoms with E-state index in [1.165, 1.54) is 23.0 Å². The Labute approximate surface area is 178 Å². The molecule has 0 bridgehead atoms. The van der Waals surface area contributed by atoms with Gasteiger partial charge in [-0.15, -0.1) is 5.10 Å². The van der Waals surface area contributed by atoms with E-state index in [4.69, 9.17) is 4.74 Å². The first-order valence-electron chi connectivity index (χ1n) is 9.96. The number of piperidine rings is 1. The summed E-state index contributed by atoms with van der Waals surface area (Å²) >= 11 is 0. The third-order valence-corrected chi connectivity index (χ3v) is 5.25. The number of carbonyl (C=O) groups excluding carboxylic acids is 2. The van der Waals surface area contributed by atoms with E-state index in [-0.39, 0.29) is 29.4 Å². The van der Waals surface area contributed by atoms with E-state index in [1.54, 1.807) is 48.4 Å². The van der Waals surface area contributed by atoms with Gasteiger partial charge in [-0.2, -0.15) is 0 Å². The number of hydrogen-bond donors (Lipinski definition) is 1. The zero-order valence-electron chi connectivity index (χ0n) is 17.0. The summed E-state index contributed by atoms with van der Waals surface area (Å²) in [7, 11) is 1.58. The number of benzene rings is 2. The number of amides is 2. The molecule has 1 aliphatic heterocycles. The molecule has 0 spiro atoms. The standard InChI is InChI=1S/C22H22FN5O3/c1-31-19-7-5-15(6-8-19)21(29)24-17-9-11-27(12-10-17)22(30)20-14-28(26-25-20)18-4-2-3-16(23)13-18/h2-8,13-14,17H,9-12H2,1H3,(H,24,29). The van der Waals surface area contributed by atoms with Crippen LogP contribution in [0.5, 0.6) is 5.75 Å². The van der Waals surface area contributed by atoms with Gasteiger partial charge in [-0.3, -0.25) is 9.59 Å². The van der Waals surface area contributed by atoms with Crippen molar-refractivity contribution in [2.45, 2.75) is 18.9 Å². The highest BCUT2D eigenvalue weighted by atomic mass is 19.1. The number of ether oxygens (including phenoxy) is 1. The molecule has 1 fully saturated rings. The highest BCUT2D eigenvalue weighted by molar-refractivity contribution is 5.94. The van der Waals surface area contributed by atoms with Gasteiger partial charge in [0.2, 0.25) is 0 Å². The second-order valence-electron chi connectivity index (χ2n) is 7.30. The summed E-state index contributed by atoms with van der Waals surface area (Å²) in [6.07, 6.45) is 2.78. The first kappa shape index (κ1) is 20.5. The SMILES string of the molecule is COc1ccc(C(=O)NC2CCN(C(=O)c3cn(-c4cccc(F)c4)nn3)CC2)cc1. The molecule has 0 atom stereocenters. The van der Waals surface area contributed by atoms with E-state index < -0.39 is 0 Å². The van der Waals surface area contributed by atoms with Crippen molar-refractivity contribution in [1.29, 1.82) is 0 Å². The van der Waals surface area contributed by atoms with Crippen LogP contribution in [0.1, 0.15) is 33.7 Å². The second kappa shape index (κ2) is 8.95. The average molecular weight is 423 g/mol. The third kappa shape index (κ3) is 4.71. The molecule has 1 aromatic heterocycles. The van der Waals surface area contributed by atoms with E-state index >= 15 is 0 Å². The Hall–Kier alpha value is -3.75. The van der Waals surface area contributed by atoms with Crippen molar-refractivity contribution in [3.05, 3.63) is 71.8 Å². The normalized spacial score (nSPS) is 14.3. The molecule has 160 valence electrons. The summed E-state index contributed by atoms with van der Waals surface area (Å²) in [5.41, 5.74) is 1.25. The molecule has 2 heterocycles. The Kier molecular flexibility index (Phi) is 5.92. The van der Waals surface area contributed by atoms with Crippen molar-refractivity contribution in [1.82, 2.24) is 25.2 Å². The topological polar surface area (TPSA) is 89.4 Å². The van der Waals surface area contributed by atoms with Gasteiger partial charge in [-0.05, 0) is 55.3 Å². The highest BCUT2D eigenvalue weighted by Crippen LogP contribution is 2.16. The quantitative estimate of drug-likeness (QED) is 0.681. The van der Waals surface area contributed by atoms with Crippen molar-refractivity contribution in [3.8, 4) is 11.4 Å². The molecule has 2 aromatic carbocycles. The number of aromatic nitrogens is 3. The molecule has 0 unspecified atom stereocenters. The first-order chi connectivity index (χ1) is 15.0. The van der Waals surface area contributed by atoms with Gasteiger partial charge in [0.25, 0.3) is 11.8 Å². The van der Waals surface area contributed by atoms with Gasteiger partial charge in [-0.1, -0.05) is 11.3 Å². The van der Waals surface area contributed by atoms with E-state index in [9.17, 15) is 14.0 Å². The summed E-state index contributed by atoms with van der Waals surface area (Å²) in [5, 5.41) is 10.9. The number of nitrogens with one attached hydrogen (secondary N) is 1. The lowest BCUT2D eigenvalue weighted by Crippen LogP contribution is -2.46. The van der Waals surface area contributed by atoms with E-state index in [2.05, 4.69) is 15.6 Å². The van der Waals surface area contributed by atoms with Crippen LogP contribution in [0.2, 0.25) is 0 Å². The number of methoxy groups -OCH3 is 1. The molecule has 1 N–H and O–H groups in total. The van der Waals surface area contributed by atoms with Crippen molar-refractivity contribution in [2.24, 2.45) is 0 Å². The van der Waals surface area contributed by atoms with Gasteiger partial charge < -0.3 is 15.0 Å². The molecule has 1 saturated heterocycles. The zero-order chi connectivity index (χ0) is 21.8. The maximum atomic E-state index is 13.4. The van der Waals surface area contributed by atoms with Gasteiger partial charge >= 0.3 is 0 Å². The third-order valence-electron chi connectivity index (χ3n) is 5.25. The minimum Gasteiger partial charge on any atom is -0.497 e. The largest absolute Gasteiger partial charge is 0.497 e. The van der Waals surface area contributed by atoms with E-state index in [1.807, 2.05) is 0 Å². The van der Waals surface area contributed by atoms with Crippen LogP contribution < -0.4 is 10.1 Å². The smallest absolute Gasteiger partial charge is 0.276 e. The fraction of sp³-hybridized carbons (Fsp3) is 0.273. The predicted octanol–water partition coefficient (Wildman–Crippen LogP) is 2.45. The van der Waals surface area contributed by atoms with Gasteiger partial charge in [0.05, 0.1) is 19.0 Å². The van der Waals surface area contributed by atoms with Crippen LogP contribution in [-0.4, -0.2) is 57.9 Å². The van der Waals surface area contributed by atoms with E-state index in [0.29, 0.717) is 42.9 Å². The number of rotatable bonds is 5. The molecule has 31 heavy (non-hydrogen) atoms. The van der Waals surface area contributed by atoms with Crippen LogP contribution in [0.3, 0.4) is 0 Å². The molecule has 2 amide bonds. The summed E-state index contributed by atoms with van der Waals surface area (Å²) in [6, 6.07) is 12.8. The molecule has 0 aliphatic carbocycles. The number of nitrogens with zero attached hydrogens (tertiary/aromatic N) is 4. The number of halogens is 1. The molecular weight excluding hydrogens is 401 g/mol. The summed E-state index contributed by atoms with van der Waals surface area (Å²) < 4.78 is 19.9. The fourth-order valence-electron chi connectivity index (χ4n) is 3.51. The maximum Gasteiger partial charge on any atom is 0.276 e. The van der Waals surface area contributed by atoms with Gasteiger partial charge in [0, 0.05) is 24.7 Å². The average Bonchev–Trinajstić information content (AvgIpc) is 3.29. The Morgan fingerprint density at radius 3 is 2.55 bits per heavy atom. The minimum absolute atomic E-state index is 0.0124. The van der Waals surface area contributed by atoms with Crippen LogP contribution in [-0.2, 0) is 0 Å². The summed E-state index contributed by atoms with van der Waals surface area (Å²) in [6.45, 7) is 0.998. The molecule has 0 saturated carbocycles. The Bertz CT molecular complexity index is 1070. The fourth-order valence-corrected chi connectivity index (χ4v) is 3.51.